The lowest BCUT2D eigenvalue weighted by molar-refractivity contribution is 0.391. The van der Waals surface area contributed by atoms with E-state index in [9.17, 15) is 5.26 Å². The molecule has 1 fully saturated rings. The zero-order valence-electron chi connectivity index (χ0n) is 12.0. The summed E-state index contributed by atoms with van der Waals surface area (Å²) >= 11 is 0. The molecule has 1 heterocycles. The Morgan fingerprint density at radius 2 is 2.32 bits per heavy atom. The predicted molar refractivity (Wildman–Crippen MR) is 75.6 cm³/mol. The maximum absolute atomic E-state index is 9.30. The maximum atomic E-state index is 9.30. The zero-order valence-corrected chi connectivity index (χ0v) is 12.0. The van der Waals surface area contributed by atoms with Gasteiger partial charge in [0.05, 0.1) is 6.07 Å². The number of nitrogens with zero attached hydrogens (tertiary/aromatic N) is 3. The lowest BCUT2D eigenvalue weighted by Gasteiger charge is -2.23. The van der Waals surface area contributed by atoms with Crippen LogP contribution in [0.15, 0.2) is 12.4 Å². The minimum Gasteiger partial charge on any atom is -0.335 e. The SMILES string of the molecule is CCc1nccn1CCCCC(C)(C#N)NC1CC1. The van der Waals surface area contributed by atoms with Gasteiger partial charge in [-0.3, -0.25) is 5.32 Å². The summed E-state index contributed by atoms with van der Waals surface area (Å²) in [6, 6.07) is 3.02. The normalized spacial score (nSPS) is 17.9. The lowest BCUT2D eigenvalue weighted by Crippen LogP contribution is -2.42. The molecule has 0 aliphatic heterocycles. The molecular formula is C15H24N4. The smallest absolute Gasteiger partial charge is 0.108 e. The largest absolute Gasteiger partial charge is 0.335 e. The third kappa shape index (κ3) is 4.07. The predicted octanol–water partition coefficient (Wildman–Crippen LogP) is 2.65. The molecule has 0 amide bonds. The van der Waals surface area contributed by atoms with Crippen molar-refractivity contribution in [2.24, 2.45) is 0 Å². The average Bonchev–Trinajstić information content (AvgIpc) is 3.10. The molecule has 1 atom stereocenters. The number of imidazole rings is 1. The van der Waals surface area contributed by atoms with Crippen LogP contribution in [0.5, 0.6) is 0 Å². The first-order valence-electron chi connectivity index (χ1n) is 7.36. The summed E-state index contributed by atoms with van der Waals surface area (Å²) in [7, 11) is 0. The molecule has 0 bridgehead atoms. The van der Waals surface area contributed by atoms with Crippen LogP contribution in [0.25, 0.3) is 0 Å². The highest BCUT2D eigenvalue weighted by atomic mass is 15.1. The van der Waals surface area contributed by atoms with Gasteiger partial charge in [-0.25, -0.2) is 4.98 Å². The topological polar surface area (TPSA) is 53.6 Å². The molecular weight excluding hydrogens is 236 g/mol. The van der Waals surface area contributed by atoms with Crippen LogP contribution in [0.4, 0.5) is 0 Å². The van der Waals surface area contributed by atoms with Gasteiger partial charge in [-0.05, 0) is 39.0 Å². The van der Waals surface area contributed by atoms with Crippen LogP contribution in [0.1, 0.15) is 51.8 Å². The van der Waals surface area contributed by atoms with E-state index in [0.717, 1.165) is 38.1 Å². The van der Waals surface area contributed by atoms with Crippen LogP contribution in [-0.2, 0) is 13.0 Å². The molecule has 1 aromatic heterocycles. The molecule has 1 aromatic rings. The van der Waals surface area contributed by atoms with Crippen molar-refractivity contribution in [2.45, 2.75) is 70.5 Å². The Morgan fingerprint density at radius 3 is 2.95 bits per heavy atom. The Morgan fingerprint density at radius 1 is 1.53 bits per heavy atom. The van der Waals surface area contributed by atoms with Crippen molar-refractivity contribution in [1.82, 2.24) is 14.9 Å². The van der Waals surface area contributed by atoms with Gasteiger partial charge < -0.3 is 4.57 Å². The second-order valence-corrected chi connectivity index (χ2v) is 5.71. The van der Waals surface area contributed by atoms with Gasteiger partial charge >= 0.3 is 0 Å². The molecule has 0 aromatic carbocycles. The molecule has 4 nitrogen and oxygen atoms in total. The second-order valence-electron chi connectivity index (χ2n) is 5.71. The van der Waals surface area contributed by atoms with E-state index in [0.29, 0.717) is 6.04 Å². The summed E-state index contributed by atoms with van der Waals surface area (Å²) in [5, 5.41) is 12.8. The Balaban J connectivity index is 1.72. The number of hydrogen-bond acceptors (Lipinski definition) is 3. The molecule has 0 radical (unpaired) electrons. The first-order chi connectivity index (χ1) is 9.17. The van der Waals surface area contributed by atoms with E-state index in [1.165, 1.54) is 12.8 Å². The third-order valence-corrected chi connectivity index (χ3v) is 3.79. The van der Waals surface area contributed by atoms with Crippen molar-refractivity contribution >= 4 is 0 Å². The van der Waals surface area contributed by atoms with E-state index in [4.69, 9.17) is 0 Å². The molecule has 0 spiro atoms. The highest BCUT2D eigenvalue weighted by molar-refractivity contribution is 5.06. The van der Waals surface area contributed by atoms with Gasteiger partial charge in [-0.2, -0.15) is 5.26 Å². The van der Waals surface area contributed by atoms with Gasteiger partial charge in [0.1, 0.15) is 11.4 Å². The van der Waals surface area contributed by atoms with Gasteiger partial charge in [-0.1, -0.05) is 6.92 Å². The zero-order chi connectivity index (χ0) is 13.7. The van der Waals surface area contributed by atoms with Crippen molar-refractivity contribution in [3.05, 3.63) is 18.2 Å². The summed E-state index contributed by atoms with van der Waals surface area (Å²) < 4.78 is 2.22. The molecule has 1 saturated carbocycles. The van der Waals surface area contributed by atoms with E-state index >= 15 is 0 Å². The van der Waals surface area contributed by atoms with Crippen molar-refractivity contribution in [1.29, 1.82) is 5.26 Å². The van der Waals surface area contributed by atoms with Crippen LogP contribution < -0.4 is 5.32 Å². The molecule has 1 unspecified atom stereocenters. The number of aryl methyl sites for hydroxylation is 2. The van der Waals surface area contributed by atoms with Gasteiger partial charge in [-0.15, -0.1) is 0 Å². The standard InChI is InChI=1S/C15H24N4/c1-3-14-17-9-11-19(14)10-5-4-8-15(2,12-16)18-13-6-7-13/h9,11,13,18H,3-8,10H2,1-2H3. The highest BCUT2D eigenvalue weighted by Crippen LogP contribution is 2.24. The molecule has 1 N–H and O–H groups in total. The highest BCUT2D eigenvalue weighted by Gasteiger charge is 2.31. The van der Waals surface area contributed by atoms with Crippen LogP contribution in [0, 0.1) is 11.3 Å². The number of rotatable bonds is 8. The Hall–Kier alpha value is -1.34. The first kappa shape index (κ1) is 14.1. The lowest BCUT2D eigenvalue weighted by atomic mass is 9.96. The second kappa shape index (κ2) is 6.21. The van der Waals surface area contributed by atoms with Crippen molar-refractivity contribution in [2.75, 3.05) is 0 Å². The number of unbranched alkanes of at least 4 members (excludes halogenated alkanes) is 1. The minimum absolute atomic E-state index is 0.344. The number of nitriles is 1. The van der Waals surface area contributed by atoms with Crippen LogP contribution >= 0.6 is 0 Å². The van der Waals surface area contributed by atoms with Crippen LogP contribution in [-0.4, -0.2) is 21.1 Å². The molecule has 4 heteroatoms. The fourth-order valence-corrected chi connectivity index (χ4v) is 2.46. The fourth-order valence-electron chi connectivity index (χ4n) is 2.46. The number of hydrogen-bond donors (Lipinski definition) is 1. The number of nitrogens with one attached hydrogen (secondary N) is 1. The van der Waals surface area contributed by atoms with Crippen molar-refractivity contribution in [3.63, 3.8) is 0 Å². The van der Waals surface area contributed by atoms with Gasteiger partial charge in [0.2, 0.25) is 0 Å². The minimum atomic E-state index is -0.344. The molecule has 1 aliphatic rings. The van der Waals surface area contributed by atoms with Crippen LogP contribution in [0.2, 0.25) is 0 Å². The Labute approximate surface area is 115 Å². The molecule has 19 heavy (non-hydrogen) atoms. The van der Waals surface area contributed by atoms with E-state index in [2.05, 4.69) is 27.9 Å². The molecule has 104 valence electrons. The Kier molecular flexibility index (Phi) is 4.60. The third-order valence-electron chi connectivity index (χ3n) is 3.79. The summed E-state index contributed by atoms with van der Waals surface area (Å²) in [4.78, 5) is 4.32. The average molecular weight is 260 g/mol. The Bertz CT molecular complexity index is 441. The first-order valence-corrected chi connectivity index (χ1v) is 7.36. The monoisotopic (exact) mass is 260 g/mol. The summed E-state index contributed by atoms with van der Waals surface area (Å²) in [6.45, 7) is 5.17. The van der Waals surface area contributed by atoms with Gasteiger partial charge in [0.25, 0.3) is 0 Å². The van der Waals surface area contributed by atoms with Crippen molar-refractivity contribution in [3.8, 4) is 6.07 Å². The fraction of sp³-hybridized carbons (Fsp3) is 0.733. The van der Waals surface area contributed by atoms with Gasteiger partial charge in [0.15, 0.2) is 0 Å². The van der Waals surface area contributed by atoms with E-state index < -0.39 is 0 Å². The van der Waals surface area contributed by atoms with Gasteiger partial charge in [0, 0.05) is 31.4 Å². The van der Waals surface area contributed by atoms with Crippen LogP contribution in [0.3, 0.4) is 0 Å². The molecule has 1 aliphatic carbocycles. The summed E-state index contributed by atoms with van der Waals surface area (Å²) in [5.41, 5.74) is -0.344. The molecule has 2 rings (SSSR count). The van der Waals surface area contributed by atoms with E-state index in [-0.39, 0.29) is 5.54 Å². The maximum Gasteiger partial charge on any atom is 0.108 e. The van der Waals surface area contributed by atoms with E-state index in [1.807, 2.05) is 19.3 Å². The van der Waals surface area contributed by atoms with E-state index in [1.54, 1.807) is 0 Å². The summed E-state index contributed by atoms with van der Waals surface area (Å²) in [5.74, 6) is 1.15. The quantitative estimate of drug-likeness (QED) is 0.731. The number of aromatic nitrogens is 2. The molecule has 0 saturated heterocycles. The van der Waals surface area contributed by atoms with Crippen molar-refractivity contribution < 1.29 is 0 Å². The summed E-state index contributed by atoms with van der Waals surface area (Å²) in [6.07, 6.45) is 10.5.